The van der Waals surface area contributed by atoms with Gasteiger partial charge in [-0.25, -0.2) is 0 Å². The van der Waals surface area contributed by atoms with Gasteiger partial charge in [-0.2, -0.15) is 0 Å². The number of rotatable bonds is 5. The van der Waals surface area contributed by atoms with Crippen molar-refractivity contribution in [2.45, 2.75) is 52.5 Å². The van der Waals surface area contributed by atoms with Gasteiger partial charge in [0.2, 0.25) is 5.91 Å². The van der Waals surface area contributed by atoms with Gasteiger partial charge in [0.15, 0.2) is 0 Å². The molecule has 0 bridgehead atoms. The molecule has 1 heterocycles. The number of hydrogen-bond donors (Lipinski definition) is 0. The molecule has 3 nitrogen and oxygen atoms in total. The van der Waals surface area contributed by atoms with E-state index in [1.165, 1.54) is 35.6 Å². The van der Waals surface area contributed by atoms with Crippen molar-refractivity contribution in [2.24, 2.45) is 11.3 Å². The summed E-state index contributed by atoms with van der Waals surface area (Å²) in [7, 11) is 0. The lowest BCUT2D eigenvalue weighted by Crippen LogP contribution is -2.35. The molecular formula is C23H31NO2. The summed E-state index contributed by atoms with van der Waals surface area (Å²) in [5.41, 5.74) is 4.03. The van der Waals surface area contributed by atoms with E-state index in [4.69, 9.17) is 4.74 Å². The highest BCUT2D eigenvalue weighted by Gasteiger charge is 2.34. The summed E-state index contributed by atoms with van der Waals surface area (Å²) in [5.74, 6) is 1.63. The van der Waals surface area contributed by atoms with Gasteiger partial charge < -0.3 is 9.64 Å². The maximum absolute atomic E-state index is 11.9. The lowest BCUT2D eigenvalue weighted by Gasteiger charge is -2.39. The SMILES string of the molecule is C=CC(=O)N1CCc2ccc(OCC3(C)CC(=C)CC(CC)C3)cc2C1. The summed E-state index contributed by atoms with van der Waals surface area (Å²) in [6, 6.07) is 6.33. The van der Waals surface area contributed by atoms with E-state index in [-0.39, 0.29) is 11.3 Å². The maximum atomic E-state index is 11.9. The number of fused-ring (bicyclic) bond motifs is 1. The zero-order valence-corrected chi connectivity index (χ0v) is 16.2. The number of amides is 1. The van der Waals surface area contributed by atoms with Crippen LogP contribution in [0.1, 0.15) is 50.7 Å². The second-order valence-corrected chi connectivity index (χ2v) is 8.35. The highest BCUT2D eigenvalue weighted by molar-refractivity contribution is 5.87. The van der Waals surface area contributed by atoms with E-state index in [0.717, 1.165) is 44.1 Å². The molecule has 0 saturated heterocycles. The second-order valence-electron chi connectivity index (χ2n) is 8.35. The molecule has 1 aliphatic carbocycles. The molecule has 1 aliphatic heterocycles. The Morgan fingerprint density at radius 1 is 1.42 bits per heavy atom. The second kappa shape index (κ2) is 7.69. The third kappa shape index (κ3) is 4.20. The Morgan fingerprint density at radius 2 is 2.23 bits per heavy atom. The van der Waals surface area contributed by atoms with Crippen LogP contribution in [0.3, 0.4) is 0 Å². The van der Waals surface area contributed by atoms with Crippen molar-refractivity contribution in [2.75, 3.05) is 13.2 Å². The average molecular weight is 354 g/mol. The fourth-order valence-corrected chi connectivity index (χ4v) is 4.52. The van der Waals surface area contributed by atoms with E-state index in [9.17, 15) is 4.79 Å². The van der Waals surface area contributed by atoms with E-state index in [2.05, 4.69) is 45.2 Å². The van der Waals surface area contributed by atoms with Crippen LogP contribution in [0.5, 0.6) is 5.75 Å². The first kappa shape index (κ1) is 18.8. The Kier molecular flexibility index (Phi) is 5.55. The van der Waals surface area contributed by atoms with Gasteiger partial charge in [0.25, 0.3) is 0 Å². The molecule has 1 saturated carbocycles. The van der Waals surface area contributed by atoms with Gasteiger partial charge in [0.1, 0.15) is 5.75 Å². The number of carbonyl (C=O) groups is 1. The van der Waals surface area contributed by atoms with Crippen LogP contribution in [0, 0.1) is 11.3 Å². The smallest absolute Gasteiger partial charge is 0.246 e. The number of nitrogens with zero attached hydrogens (tertiary/aromatic N) is 1. The number of benzene rings is 1. The van der Waals surface area contributed by atoms with Crippen LogP contribution >= 0.6 is 0 Å². The summed E-state index contributed by atoms with van der Waals surface area (Å²) < 4.78 is 6.21. The summed E-state index contributed by atoms with van der Waals surface area (Å²) in [5, 5.41) is 0. The van der Waals surface area contributed by atoms with Crippen LogP contribution < -0.4 is 4.74 Å². The molecule has 0 radical (unpaired) electrons. The Bertz CT molecular complexity index is 708. The van der Waals surface area contributed by atoms with Gasteiger partial charge >= 0.3 is 0 Å². The third-order valence-electron chi connectivity index (χ3n) is 5.88. The Labute approximate surface area is 157 Å². The Hall–Kier alpha value is -2.03. The van der Waals surface area contributed by atoms with Gasteiger partial charge in [-0.1, -0.05) is 45.1 Å². The topological polar surface area (TPSA) is 29.5 Å². The maximum Gasteiger partial charge on any atom is 0.246 e. The molecule has 0 aromatic heterocycles. The first-order valence-corrected chi connectivity index (χ1v) is 9.75. The molecule has 26 heavy (non-hydrogen) atoms. The van der Waals surface area contributed by atoms with E-state index >= 15 is 0 Å². The summed E-state index contributed by atoms with van der Waals surface area (Å²) >= 11 is 0. The van der Waals surface area contributed by atoms with E-state index in [0.29, 0.717) is 6.54 Å². The zero-order valence-electron chi connectivity index (χ0n) is 16.2. The van der Waals surface area contributed by atoms with Gasteiger partial charge in [-0.3, -0.25) is 4.79 Å². The van der Waals surface area contributed by atoms with Crippen molar-refractivity contribution in [3.63, 3.8) is 0 Å². The molecule has 2 aliphatic rings. The fourth-order valence-electron chi connectivity index (χ4n) is 4.52. The largest absolute Gasteiger partial charge is 0.493 e. The van der Waals surface area contributed by atoms with Crippen molar-refractivity contribution in [1.29, 1.82) is 0 Å². The Balaban J connectivity index is 1.67. The molecular weight excluding hydrogens is 322 g/mol. The highest BCUT2D eigenvalue weighted by Crippen LogP contribution is 2.43. The van der Waals surface area contributed by atoms with Crippen LogP contribution in [0.4, 0.5) is 0 Å². The minimum absolute atomic E-state index is 0.000748. The number of ether oxygens (including phenoxy) is 1. The number of carbonyl (C=O) groups excluding carboxylic acids is 1. The minimum Gasteiger partial charge on any atom is -0.493 e. The lowest BCUT2D eigenvalue weighted by molar-refractivity contribution is -0.126. The predicted molar refractivity (Wildman–Crippen MR) is 106 cm³/mol. The van der Waals surface area contributed by atoms with Crippen LogP contribution in [0.2, 0.25) is 0 Å². The van der Waals surface area contributed by atoms with E-state index in [1.807, 2.05) is 4.90 Å². The standard InChI is InChI=1S/C23H31NO2/c1-5-18-11-17(3)13-23(4,14-18)16-26-21-8-7-19-9-10-24(22(25)6-2)15-20(19)12-21/h6-8,12,18H,2-3,5,9-11,13-16H2,1,4H3. The molecule has 0 spiro atoms. The quantitative estimate of drug-likeness (QED) is 0.556. The molecule has 1 amide bonds. The monoisotopic (exact) mass is 353 g/mol. The van der Waals surface area contributed by atoms with Crippen LogP contribution in [0.15, 0.2) is 43.0 Å². The third-order valence-corrected chi connectivity index (χ3v) is 5.88. The molecule has 2 unspecified atom stereocenters. The molecule has 3 heteroatoms. The van der Waals surface area contributed by atoms with E-state index in [1.54, 1.807) is 0 Å². The van der Waals surface area contributed by atoms with Gasteiger partial charge in [-0.15, -0.1) is 0 Å². The first-order chi connectivity index (χ1) is 12.4. The summed E-state index contributed by atoms with van der Waals surface area (Å²) in [4.78, 5) is 13.7. The van der Waals surface area contributed by atoms with Crippen LogP contribution in [0.25, 0.3) is 0 Å². The summed E-state index contributed by atoms with van der Waals surface area (Å²) in [6.07, 6.45) is 6.92. The summed E-state index contributed by atoms with van der Waals surface area (Å²) in [6.45, 7) is 14.6. The first-order valence-electron chi connectivity index (χ1n) is 9.75. The van der Waals surface area contributed by atoms with Gasteiger partial charge in [0, 0.05) is 18.5 Å². The zero-order chi connectivity index (χ0) is 18.7. The van der Waals surface area contributed by atoms with Gasteiger partial charge in [-0.05, 0) is 60.9 Å². The van der Waals surface area contributed by atoms with E-state index < -0.39 is 0 Å². The van der Waals surface area contributed by atoms with Gasteiger partial charge in [0.05, 0.1) is 6.61 Å². The van der Waals surface area contributed by atoms with Crippen LogP contribution in [-0.2, 0) is 17.8 Å². The average Bonchev–Trinajstić information content (AvgIpc) is 2.64. The van der Waals surface area contributed by atoms with Crippen molar-refractivity contribution in [1.82, 2.24) is 4.90 Å². The van der Waals surface area contributed by atoms with Crippen molar-refractivity contribution in [3.05, 3.63) is 54.1 Å². The normalized spacial score (nSPS) is 25.5. The Morgan fingerprint density at radius 3 is 2.96 bits per heavy atom. The minimum atomic E-state index is 0.000748. The molecule has 1 aromatic carbocycles. The number of allylic oxidation sites excluding steroid dienone is 1. The van der Waals surface area contributed by atoms with Crippen molar-refractivity contribution < 1.29 is 9.53 Å². The molecule has 2 atom stereocenters. The number of hydrogen-bond acceptors (Lipinski definition) is 2. The molecule has 3 rings (SSSR count). The molecule has 0 N–H and O–H groups in total. The fraction of sp³-hybridized carbons (Fsp3) is 0.522. The predicted octanol–water partition coefficient (Wildman–Crippen LogP) is 4.91. The van der Waals surface area contributed by atoms with Crippen molar-refractivity contribution in [3.8, 4) is 5.75 Å². The van der Waals surface area contributed by atoms with Crippen LogP contribution in [-0.4, -0.2) is 24.0 Å². The molecule has 1 aromatic rings. The lowest BCUT2D eigenvalue weighted by atomic mass is 9.69. The highest BCUT2D eigenvalue weighted by atomic mass is 16.5. The molecule has 140 valence electrons. The molecule has 1 fully saturated rings. The van der Waals surface area contributed by atoms with Crippen molar-refractivity contribution >= 4 is 5.91 Å².